The molecule has 0 aromatic heterocycles. The van der Waals surface area contributed by atoms with E-state index in [0.717, 1.165) is 23.7 Å². The van der Waals surface area contributed by atoms with Crippen molar-refractivity contribution < 1.29 is 18.7 Å². The van der Waals surface area contributed by atoms with E-state index < -0.39 is 17.9 Å². The Morgan fingerprint density at radius 3 is 2.71 bits per heavy atom. The molecule has 24 heavy (non-hydrogen) atoms. The van der Waals surface area contributed by atoms with Crippen LogP contribution in [0.1, 0.15) is 28.4 Å². The lowest BCUT2D eigenvalue weighted by molar-refractivity contribution is -0.126. The Bertz CT molecular complexity index is 803. The zero-order chi connectivity index (χ0) is 17.3. The number of benzene rings is 2. The molecule has 1 amide bonds. The Morgan fingerprint density at radius 2 is 1.96 bits per heavy atom. The maximum Gasteiger partial charge on any atom is 0.339 e. The molecular formula is C19H18FNO3. The number of halogens is 1. The number of hydrogen-bond donors (Lipinski definition) is 0. The molecule has 1 aliphatic heterocycles. The smallest absolute Gasteiger partial charge is 0.339 e. The van der Waals surface area contributed by atoms with Crippen molar-refractivity contribution in [2.24, 2.45) is 0 Å². The van der Waals surface area contributed by atoms with E-state index in [9.17, 15) is 14.0 Å². The van der Waals surface area contributed by atoms with Crippen LogP contribution in [0.2, 0.25) is 0 Å². The van der Waals surface area contributed by atoms with Gasteiger partial charge in [0.15, 0.2) is 6.10 Å². The Kier molecular flexibility index (Phi) is 4.34. The van der Waals surface area contributed by atoms with Gasteiger partial charge in [0.2, 0.25) is 0 Å². The Balaban J connectivity index is 1.70. The summed E-state index contributed by atoms with van der Waals surface area (Å²) in [4.78, 5) is 26.3. The minimum atomic E-state index is -0.937. The highest BCUT2D eigenvalue weighted by Gasteiger charge is 2.30. The number of aryl methyl sites for hydroxylation is 1. The highest BCUT2D eigenvalue weighted by molar-refractivity contribution is 6.00. The van der Waals surface area contributed by atoms with E-state index in [2.05, 4.69) is 0 Å². The maximum atomic E-state index is 13.6. The molecule has 0 saturated carbocycles. The lowest BCUT2D eigenvalue weighted by atomic mass is 10.1. The van der Waals surface area contributed by atoms with Crippen molar-refractivity contribution in [3.05, 3.63) is 65.0 Å². The number of esters is 1. The third-order valence-corrected chi connectivity index (χ3v) is 4.19. The molecule has 0 bridgehead atoms. The first-order valence-electron chi connectivity index (χ1n) is 7.84. The molecule has 2 aromatic rings. The van der Waals surface area contributed by atoms with Crippen LogP contribution < -0.4 is 4.90 Å². The summed E-state index contributed by atoms with van der Waals surface area (Å²) in [5, 5.41) is 0. The molecule has 0 spiro atoms. The van der Waals surface area contributed by atoms with Crippen molar-refractivity contribution in [3.8, 4) is 0 Å². The van der Waals surface area contributed by atoms with Crippen molar-refractivity contribution in [1.29, 1.82) is 0 Å². The number of rotatable bonds is 3. The second-order valence-corrected chi connectivity index (χ2v) is 5.88. The monoisotopic (exact) mass is 327 g/mol. The van der Waals surface area contributed by atoms with Crippen LogP contribution in [0.5, 0.6) is 0 Å². The highest BCUT2D eigenvalue weighted by Crippen LogP contribution is 2.28. The summed E-state index contributed by atoms with van der Waals surface area (Å²) >= 11 is 0. The lowest BCUT2D eigenvalue weighted by Crippen LogP contribution is -2.39. The van der Waals surface area contributed by atoms with Gasteiger partial charge in [-0.2, -0.15) is 0 Å². The average molecular weight is 327 g/mol. The molecule has 0 radical (unpaired) electrons. The van der Waals surface area contributed by atoms with Gasteiger partial charge in [0.1, 0.15) is 5.82 Å². The zero-order valence-corrected chi connectivity index (χ0v) is 13.6. The highest BCUT2D eigenvalue weighted by atomic mass is 19.1. The number of para-hydroxylation sites is 1. The minimum absolute atomic E-state index is 0.0968. The molecule has 0 saturated heterocycles. The van der Waals surface area contributed by atoms with Crippen LogP contribution >= 0.6 is 0 Å². The maximum absolute atomic E-state index is 13.6. The van der Waals surface area contributed by atoms with Gasteiger partial charge in [-0.15, -0.1) is 0 Å². The fraction of sp³-hybridized carbons (Fsp3) is 0.263. The molecule has 0 aliphatic carbocycles. The summed E-state index contributed by atoms with van der Waals surface area (Å²) in [6.45, 7) is 3.71. The molecule has 0 fully saturated rings. The molecular weight excluding hydrogens is 309 g/mol. The molecule has 0 N–H and O–H groups in total. The largest absolute Gasteiger partial charge is 0.449 e. The number of nitrogens with zero attached hydrogens (tertiary/aromatic N) is 1. The molecule has 4 nitrogen and oxygen atoms in total. The van der Waals surface area contributed by atoms with E-state index in [1.165, 1.54) is 19.1 Å². The Hall–Kier alpha value is -2.69. The summed E-state index contributed by atoms with van der Waals surface area (Å²) in [5.41, 5.74) is 2.50. The van der Waals surface area contributed by atoms with Gasteiger partial charge in [-0.1, -0.05) is 24.3 Å². The molecule has 2 aromatic carbocycles. The van der Waals surface area contributed by atoms with Crippen molar-refractivity contribution in [3.63, 3.8) is 0 Å². The number of fused-ring (bicyclic) bond motifs is 1. The normalized spacial score (nSPS) is 14.2. The van der Waals surface area contributed by atoms with Crippen molar-refractivity contribution in [1.82, 2.24) is 0 Å². The van der Waals surface area contributed by atoms with Crippen LogP contribution in [0.4, 0.5) is 10.1 Å². The van der Waals surface area contributed by atoms with Crippen LogP contribution in [-0.4, -0.2) is 24.5 Å². The third kappa shape index (κ3) is 3.02. The number of carbonyl (C=O) groups excluding carboxylic acids is 2. The summed E-state index contributed by atoms with van der Waals surface area (Å²) in [7, 11) is 0. The first kappa shape index (κ1) is 16.2. The first-order valence-corrected chi connectivity index (χ1v) is 7.84. The molecule has 1 unspecified atom stereocenters. The van der Waals surface area contributed by atoms with Gasteiger partial charge in [-0.25, -0.2) is 9.18 Å². The van der Waals surface area contributed by atoms with Crippen LogP contribution in [0.15, 0.2) is 42.5 Å². The molecule has 124 valence electrons. The van der Waals surface area contributed by atoms with E-state index in [0.29, 0.717) is 12.1 Å². The van der Waals surface area contributed by atoms with Crippen molar-refractivity contribution in [2.75, 3.05) is 11.4 Å². The van der Waals surface area contributed by atoms with E-state index >= 15 is 0 Å². The number of carbonyl (C=O) groups is 2. The number of amides is 1. The minimum Gasteiger partial charge on any atom is -0.449 e. The van der Waals surface area contributed by atoms with Gasteiger partial charge < -0.3 is 9.64 Å². The van der Waals surface area contributed by atoms with Gasteiger partial charge in [0.05, 0.1) is 5.56 Å². The molecule has 5 heteroatoms. The van der Waals surface area contributed by atoms with E-state index in [4.69, 9.17) is 4.74 Å². The average Bonchev–Trinajstić information content (AvgIpc) is 3.00. The SMILES string of the molecule is Cc1ccc(C(=O)OC(C)C(=O)N2CCc3ccccc32)cc1F. The summed E-state index contributed by atoms with van der Waals surface area (Å²) in [6.07, 6.45) is -0.154. The Morgan fingerprint density at radius 1 is 1.21 bits per heavy atom. The molecule has 1 aliphatic rings. The van der Waals surface area contributed by atoms with Gasteiger partial charge in [0.25, 0.3) is 5.91 Å². The predicted molar refractivity (Wildman–Crippen MR) is 88.5 cm³/mol. The fourth-order valence-electron chi connectivity index (χ4n) is 2.79. The summed E-state index contributed by atoms with van der Waals surface area (Å²) in [6, 6.07) is 11.8. The summed E-state index contributed by atoms with van der Waals surface area (Å²) < 4.78 is 18.8. The second-order valence-electron chi connectivity index (χ2n) is 5.88. The molecule has 1 atom stereocenters. The number of ether oxygens (including phenoxy) is 1. The van der Waals surface area contributed by atoms with Gasteiger partial charge in [-0.3, -0.25) is 4.79 Å². The van der Waals surface area contributed by atoms with E-state index in [1.807, 2.05) is 24.3 Å². The number of hydrogen-bond acceptors (Lipinski definition) is 3. The fourth-order valence-corrected chi connectivity index (χ4v) is 2.79. The second kappa shape index (κ2) is 6.43. The number of anilines is 1. The van der Waals surface area contributed by atoms with Crippen LogP contribution in [0, 0.1) is 12.7 Å². The van der Waals surface area contributed by atoms with Crippen molar-refractivity contribution >= 4 is 17.6 Å². The van der Waals surface area contributed by atoms with Crippen molar-refractivity contribution in [2.45, 2.75) is 26.4 Å². The first-order chi connectivity index (χ1) is 11.5. The van der Waals surface area contributed by atoms with Gasteiger partial charge in [-0.05, 0) is 49.6 Å². The van der Waals surface area contributed by atoms with E-state index in [-0.39, 0.29) is 11.5 Å². The molecule has 3 rings (SSSR count). The van der Waals surface area contributed by atoms with Crippen LogP contribution in [0.3, 0.4) is 0 Å². The van der Waals surface area contributed by atoms with Gasteiger partial charge in [0, 0.05) is 12.2 Å². The molecule has 1 heterocycles. The van der Waals surface area contributed by atoms with Gasteiger partial charge >= 0.3 is 5.97 Å². The third-order valence-electron chi connectivity index (χ3n) is 4.19. The Labute approximate surface area is 139 Å². The van der Waals surface area contributed by atoms with E-state index in [1.54, 1.807) is 11.8 Å². The standard InChI is InChI=1S/C19H18FNO3/c1-12-7-8-15(11-16(12)20)19(23)24-13(2)18(22)21-10-9-14-5-3-4-6-17(14)21/h3-8,11,13H,9-10H2,1-2H3. The lowest BCUT2D eigenvalue weighted by Gasteiger charge is -2.21. The van der Waals surface area contributed by atoms with Crippen LogP contribution in [-0.2, 0) is 16.0 Å². The quantitative estimate of drug-likeness (QED) is 0.813. The van der Waals surface area contributed by atoms with Crippen LogP contribution in [0.25, 0.3) is 0 Å². The zero-order valence-electron chi connectivity index (χ0n) is 13.6. The topological polar surface area (TPSA) is 46.6 Å². The predicted octanol–water partition coefficient (Wildman–Crippen LogP) is 3.27. The summed E-state index contributed by atoms with van der Waals surface area (Å²) in [5.74, 6) is -1.46.